The van der Waals surface area contributed by atoms with Crippen molar-refractivity contribution in [3.8, 4) is 0 Å². The topological polar surface area (TPSA) is 78.5 Å². The average molecular weight is 422 g/mol. The number of rotatable bonds is 4. The molecule has 2 aliphatic rings. The molecule has 0 aliphatic carbocycles. The van der Waals surface area contributed by atoms with Gasteiger partial charge in [-0.05, 0) is 53.8 Å². The van der Waals surface area contributed by atoms with Gasteiger partial charge in [-0.15, -0.1) is 12.4 Å². The number of nitrogens with one attached hydrogen (secondary N) is 2. The van der Waals surface area contributed by atoms with Crippen molar-refractivity contribution in [3.63, 3.8) is 0 Å². The van der Waals surface area contributed by atoms with Crippen LogP contribution in [0.25, 0.3) is 0 Å². The second-order valence-corrected chi connectivity index (χ2v) is 9.14. The Kier molecular flexibility index (Phi) is 5.98. The largest absolute Gasteiger partial charge is 0.348 e. The Labute approximate surface area is 171 Å². The van der Waals surface area contributed by atoms with E-state index in [0.29, 0.717) is 30.8 Å². The lowest BCUT2D eigenvalue weighted by Crippen LogP contribution is -2.26. The summed E-state index contributed by atoms with van der Waals surface area (Å²) in [5.41, 5.74) is 5.64. The van der Waals surface area contributed by atoms with E-state index in [1.165, 1.54) is 15.4 Å². The van der Waals surface area contributed by atoms with Gasteiger partial charge in [0, 0.05) is 31.7 Å². The van der Waals surface area contributed by atoms with Crippen LogP contribution in [0, 0.1) is 6.92 Å². The molecule has 0 aromatic heterocycles. The summed E-state index contributed by atoms with van der Waals surface area (Å²) < 4.78 is 25.6. The fourth-order valence-electron chi connectivity index (χ4n) is 3.72. The first-order valence-corrected chi connectivity index (χ1v) is 10.8. The highest BCUT2D eigenvalue weighted by Gasteiger charge is 2.28. The normalized spacial score (nSPS) is 17.1. The van der Waals surface area contributed by atoms with Gasteiger partial charge >= 0.3 is 0 Å². The molecule has 8 heteroatoms. The summed E-state index contributed by atoms with van der Waals surface area (Å²) in [6, 6.07) is 11.5. The standard InChI is InChI=1S/C20H23N3O3S.ClH/c1-14-9-18(23-7-2-8-27(23,25)26)5-6-19(14)20(24)22-11-15-3-4-16-12-21-13-17(16)10-15;/h3-6,9-10,21H,2,7-8,11-13H2,1H3,(H,22,24);1H. The molecule has 2 aromatic carbocycles. The number of nitrogens with zero attached hydrogens (tertiary/aromatic N) is 1. The lowest BCUT2D eigenvalue weighted by atomic mass is 10.1. The third-order valence-electron chi connectivity index (χ3n) is 5.20. The SMILES string of the molecule is Cc1cc(N2CCCS2(=O)=O)ccc1C(=O)NCc1ccc2c(c1)CNC2.Cl. The van der Waals surface area contributed by atoms with Gasteiger partial charge < -0.3 is 10.6 Å². The Morgan fingerprint density at radius 1 is 1.14 bits per heavy atom. The summed E-state index contributed by atoms with van der Waals surface area (Å²) in [5, 5.41) is 6.27. The van der Waals surface area contributed by atoms with E-state index in [1.807, 2.05) is 13.0 Å². The molecule has 0 atom stereocenters. The summed E-state index contributed by atoms with van der Waals surface area (Å²) in [5.74, 6) is 0.0341. The number of sulfonamides is 1. The molecule has 1 saturated heterocycles. The van der Waals surface area contributed by atoms with Crippen LogP contribution in [0.1, 0.15) is 39.0 Å². The molecular weight excluding hydrogens is 398 g/mol. The Bertz CT molecular complexity index is 1010. The molecule has 0 bridgehead atoms. The van der Waals surface area contributed by atoms with Crippen molar-refractivity contribution in [2.75, 3.05) is 16.6 Å². The highest BCUT2D eigenvalue weighted by atomic mass is 35.5. The summed E-state index contributed by atoms with van der Waals surface area (Å²) >= 11 is 0. The lowest BCUT2D eigenvalue weighted by molar-refractivity contribution is 0.0950. The minimum atomic E-state index is -3.21. The van der Waals surface area contributed by atoms with E-state index >= 15 is 0 Å². The van der Waals surface area contributed by atoms with Gasteiger partial charge in [0.2, 0.25) is 10.0 Å². The van der Waals surface area contributed by atoms with Gasteiger partial charge in [0.05, 0.1) is 11.4 Å². The molecule has 150 valence electrons. The smallest absolute Gasteiger partial charge is 0.251 e. The minimum Gasteiger partial charge on any atom is -0.348 e. The van der Waals surface area contributed by atoms with E-state index in [9.17, 15) is 13.2 Å². The van der Waals surface area contributed by atoms with Crippen molar-refractivity contribution in [2.45, 2.75) is 33.0 Å². The molecule has 0 radical (unpaired) electrons. The van der Waals surface area contributed by atoms with E-state index in [1.54, 1.807) is 18.2 Å². The van der Waals surface area contributed by atoms with E-state index in [-0.39, 0.29) is 24.1 Å². The number of fused-ring (bicyclic) bond motifs is 1. The van der Waals surface area contributed by atoms with E-state index in [0.717, 1.165) is 24.2 Å². The van der Waals surface area contributed by atoms with Crippen molar-refractivity contribution in [3.05, 3.63) is 64.2 Å². The van der Waals surface area contributed by atoms with Crippen LogP contribution < -0.4 is 14.9 Å². The van der Waals surface area contributed by atoms with Gasteiger partial charge in [-0.2, -0.15) is 0 Å². The molecule has 28 heavy (non-hydrogen) atoms. The van der Waals surface area contributed by atoms with Gasteiger partial charge in [-0.3, -0.25) is 9.10 Å². The molecule has 0 unspecified atom stereocenters. The number of carbonyl (C=O) groups excluding carboxylic acids is 1. The zero-order chi connectivity index (χ0) is 19.0. The second kappa shape index (κ2) is 8.11. The second-order valence-electron chi connectivity index (χ2n) is 7.13. The lowest BCUT2D eigenvalue weighted by Gasteiger charge is -2.18. The number of hydrogen-bond donors (Lipinski definition) is 2. The summed E-state index contributed by atoms with van der Waals surface area (Å²) in [6.45, 7) is 4.58. The molecule has 2 aliphatic heterocycles. The maximum Gasteiger partial charge on any atom is 0.251 e. The third kappa shape index (κ3) is 4.01. The Hall–Kier alpha value is -2.09. The number of anilines is 1. The highest BCUT2D eigenvalue weighted by Crippen LogP contribution is 2.26. The van der Waals surface area contributed by atoms with Crippen LogP contribution in [0.4, 0.5) is 5.69 Å². The summed E-state index contributed by atoms with van der Waals surface area (Å²) in [6.07, 6.45) is 0.639. The van der Waals surface area contributed by atoms with E-state index in [4.69, 9.17) is 0 Å². The molecule has 0 spiro atoms. The minimum absolute atomic E-state index is 0. The Morgan fingerprint density at radius 3 is 2.64 bits per heavy atom. The fourth-order valence-corrected chi connectivity index (χ4v) is 5.28. The van der Waals surface area contributed by atoms with Crippen molar-refractivity contribution < 1.29 is 13.2 Å². The molecule has 6 nitrogen and oxygen atoms in total. The number of amides is 1. The number of carbonyl (C=O) groups is 1. The van der Waals surface area contributed by atoms with Gasteiger partial charge in [0.15, 0.2) is 0 Å². The zero-order valence-electron chi connectivity index (χ0n) is 15.7. The molecule has 2 aromatic rings. The van der Waals surface area contributed by atoms with Gasteiger partial charge in [0.1, 0.15) is 0 Å². The van der Waals surface area contributed by atoms with Crippen molar-refractivity contribution in [1.82, 2.24) is 10.6 Å². The first-order chi connectivity index (χ1) is 12.9. The van der Waals surface area contributed by atoms with Crippen LogP contribution >= 0.6 is 12.4 Å². The maximum atomic E-state index is 12.6. The molecular formula is C20H24ClN3O3S. The Balaban J connectivity index is 0.00000225. The predicted molar refractivity (Wildman–Crippen MR) is 112 cm³/mol. The number of benzene rings is 2. The molecule has 2 N–H and O–H groups in total. The summed E-state index contributed by atoms with van der Waals surface area (Å²) in [7, 11) is -3.21. The van der Waals surface area contributed by atoms with Crippen molar-refractivity contribution >= 4 is 34.0 Å². The average Bonchev–Trinajstić information content (AvgIpc) is 3.24. The number of halogens is 1. The maximum absolute atomic E-state index is 12.6. The third-order valence-corrected chi connectivity index (χ3v) is 7.07. The molecule has 1 amide bonds. The van der Waals surface area contributed by atoms with Crippen LogP contribution in [0.5, 0.6) is 0 Å². The predicted octanol–water partition coefficient (Wildman–Crippen LogP) is 2.49. The number of hydrogen-bond acceptors (Lipinski definition) is 4. The van der Waals surface area contributed by atoms with Crippen molar-refractivity contribution in [1.29, 1.82) is 0 Å². The van der Waals surface area contributed by atoms with Crippen LogP contribution in [0.2, 0.25) is 0 Å². The molecule has 1 fully saturated rings. The van der Waals surface area contributed by atoms with Gasteiger partial charge in [-0.1, -0.05) is 18.2 Å². The van der Waals surface area contributed by atoms with Crippen LogP contribution in [-0.4, -0.2) is 26.6 Å². The van der Waals surface area contributed by atoms with E-state index < -0.39 is 10.0 Å². The van der Waals surface area contributed by atoms with Crippen LogP contribution in [0.3, 0.4) is 0 Å². The van der Waals surface area contributed by atoms with E-state index in [2.05, 4.69) is 22.8 Å². The molecule has 0 saturated carbocycles. The number of aryl methyl sites for hydroxylation is 1. The first kappa shape index (κ1) is 20.6. The molecule has 4 rings (SSSR count). The highest BCUT2D eigenvalue weighted by molar-refractivity contribution is 7.93. The fraction of sp³-hybridized carbons (Fsp3) is 0.350. The van der Waals surface area contributed by atoms with Crippen molar-refractivity contribution in [2.24, 2.45) is 0 Å². The Morgan fingerprint density at radius 2 is 1.93 bits per heavy atom. The van der Waals surface area contributed by atoms with Crippen LogP contribution in [0.15, 0.2) is 36.4 Å². The first-order valence-electron chi connectivity index (χ1n) is 9.15. The van der Waals surface area contributed by atoms with Crippen LogP contribution in [-0.2, 0) is 29.7 Å². The molecule has 2 heterocycles. The van der Waals surface area contributed by atoms with Gasteiger partial charge in [-0.25, -0.2) is 8.42 Å². The van der Waals surface area contributed by atoms with Gasteiger partial charge in [0.25, 0.3) is 5.91 Å². The monoisotopic (exact) mass is 421 g/mol. The summed E-state index contributed by atoms with van der Waals surface area (Å²) in [4.78, 5) is 12.6. The zero-order valence-corrected chi connectivity index (χ0v) is 17.3. The quantitative estimate of drug-likeness (QED) is 0.795.